The molecule has 0 radical (unpaired) electrons. The van der Waals surface area contributed by atoms with Gasteiger partial charge < -0.3 is 15.4 Å². The molecule has 0 aliphatic carbocycles. The molecule has 2 aromatic rings. The summed E-state index contributed by atoms with van der Waals surface area (Å²) in [5, 5.41) is 7.46. The number of piperidine rings is 1. The van der Waals surface area contributed by atoms with Gasteiger partial charge in [-0.15, -0.1) is 0 Å². The summed E-state index contributed by atoms with van der Waals surface area (Å²) in [5.41, 5.74) is 9.84. The first-order valence-corrected chi connectivity index (χ1v) is 9.41. The molecule has 0 atom stereocenters. The third kappa shape index (κ3) is 4.95. The number of carbonyl (C=O) groups is 1. The number of rotatable bonds is 6. The van der Waals surface area contributed by atoms with Gasteiger partial charge in [0.25, 0.3) is 0 Å². The quantitative estimate of drug-likeness (QED) is 0.468. The van der Waals surface area contributed by atoms with Crippen molar-refractivity contribution in [2.45, 2.75) is 19.3 Å². The van der Waals surface area contributed by atoms with E-state index in [2.05, 4.69) is 29.2 Å². The summed E-state index contributed by atoms with van der Waals surface area (Å²) >= 11 is 0. The second kappa shape index (κ2) is 8.82. The molecule has 3 rings (SSSR count). The number of methoxy groups -OCH3 is 1. The van der Waals surface area contributed by atoms with Gasteiger partial charge in [0.1, 0.15) is 5.84 Å². The Morgan fingerprint density at radius 2 is 1.63 bits per heavy atom. The number of benzene rings is 2. The van der Waals surface area contributed by atoms with E-state index in [1.807, 2.05) is 24.3 Å². The fraction of sp³-hybridized carbons (Fsp3) is 0.364. The number of esters is 1. The molecule has 0 spiro atoms. The predicted octanol–water partition coefficient (Wildman–Crippen LogP) is 3.07. The normalized spacial score (nSPS) is 15.4. The summed E-state index contributed by atoms with van der Waals surface area (Å²) in [6.45, 7) is 2.93. The van der Waals surface area contributed by atoms with Crippen LogP contribution in [0.2, 0.25) is 0 Å². The van der Waals surface area contributed by atoms with Gasteiger partial charge in [0, 0.05) is 12.1 Å². The third-order valence-electron chi connectivity index (χ3n) is 5.32. The summed E-state index contributed by atoms with van der Waals surface area (Å²) in [6.07, 6.45) is 2.79. The summed E-state index contributed by atoms with van der Waals surface area (Å²) in [6, 6.07) is 16.4. The fourth-order valence-corrected chi connectivity index (χ4v) is 3.55. The van der Waals surface area contributed by atoms with Crippen molar-refractivity contribution in [3.8, 4) is 11.1 Å². The highest BCUT2D eigenvalue weighted by Gasteiger charge is 2.25. The molecule has 1 saturated heterocycles. The minimum atomic E-state index is -0.0680. The number of hydrogen-bond donors (Lipinski definition) is 2. The van der Waals surface area contributed by atoms with E-state index < -0.39 is 0 Å². The molecule has 1 heterocycles. The van der Waals surface area contributed by atoms with Gasteiger partial charge >= 0.3 is 5.97 Å². The van der Waals surface area contributed by atoms with Crippen LogP contribution in [0.25, 0.3) is 11.1 Å². The number of ether oxygens (including phenoxy) is 1. The first kappa shape index (κ1) is 19.1. The van der Waals surface area contributed by atoms with Crippen molar-refractivity contribution in [1.29, 1.82) is 5.41 Å². The van der Waals surface area contributed by atoms with Crippen molar-refractivity contribution in [1.82, 2.24) is 4.90 Å². The smallest absolute Gasteiger partial charge is 0.308 e. The minimum absolute atomic E-state index is 0.0680. The van der Waals surface area contributed by atoms with Crippen molar-refractivity contribution in [3.05, 3.63) is 59.7 Å². The Balaban J connectivity index is 1.51. The average Bonchev–Trinajstić information content (AvgIpc) is 2.72. The second-order valence-electron chi connectivity index (χ2n) is 7.08. The Bertz CT molecular complexity index is 776. The second-order valence-corrected chi connectivity index (χ2v) is 7.08. The van der Waals surface area contributed by atoms with E-state index in [1.165, 1.54) is 12.7 Å². The summed E-state index contributed by atoms with van der Waals surface area (Å²) in [5.74, 6) is 0.0917. The molecule has 0 bridgehead atoms. The lowest BCUT2D eigenvalue weighted by molar-refractivity contribution is -0.147. The topological polar surface area (TPSA) is 79.4 Å². The molecule has 2 aromatic carbocycles. The molecule has 3 N–H and O–H groups in total. The molecule has 0 amide bonds. The number of hydrogen-bond acceptors (Lipinski definition) is 4. The molecule has 0 unspecified atom stereocenters. The van der Waals surface area contributed by atoms with Crippen LogP contribution in [0.3, 0.4) is 0 Å². The van der Waals surface area contributed by atoms with Crippen molar-refractivity contribution < 1.29 is 9.53 Å². The lowest BCUT2D eigenvalue weighted by atomic mass is 9.96. The first-order chi connectivity index (χ1) is 13.1. The van der Waals surface area contributed by atoms with Crippen LogP contribution >= 0.6 is 0 Å². The van der Waals surface area contributed by atoms with Gasteiger partial charge in [-0.25, -0.2) is 0 Å². The summed E-state index contributed by atoms with van der Waals surface area (Å²) < 4.78 is 4.85. The maximum Gasteiger partial charge on any atom is 0.308 e. The van der Waals surface area contributed by atoms with E-state index in [0.717, 1.165) is 55.6 Å². The highest BCUT2D eigenvalue weighted by Crippen LogP contribution is 2.22. The standard InChI is InChI=1S/C22H27N3O2/c1-27-22(26)20-11-14-25(15-12-20)13-10-16-2-4-17(5-3-16)18-6-8-19(9-7-18)21(23)24/h2-9,20H,10-15H2,1H3,(H3,23,24). The Morgan fingerprint density at radius 3 is 2.15 bits per heavy atom. The zero-order valence-corrected chi connectivity index (χ0v) is 15.8. The highest BCUT2D eigenvalue weighted by atomic mass is 16.5. The van der Waals surface area contributed by atoms with E-state index in [9.17, 15) is 4.79 Å². The van der Waals surface area contributed by atoms with Gasteiger partial charge in [-0.3, -0.25) is 10.2 Å². The van der Waals surface area contributed by atoms with Crippen LogP contribution in [0.5, 0.6) is 0 Å². The minimum Gasteiger partial charge on any atom is -0.469 e. The van der Waals surface area contributed by atoms with Crippen LogP contribution in [-0.2, 0) is 16.0 Å². The molecular formula is C22H27N3O2. The SMILES string of the molecule is COC(=O)C1CCN(CCc2ccc(-c3ccc(C(=N)N)cc3)cc2)CC1. The molecule has 142 valence electrons. The van der Waals surface area contributed by atoms with E-state index in [1.54, 1.807) is 0 Å². The predicted molar refractivity (Wildman–Crippen MR) is 108 cm³/mol. The summed E-state index contributed by atoms with van der Waals surface area (Å²) in [7, 11) is 1.47. The van der Waals surface area contributed by atoms with Gasteiger partial charge in [0.15, 0.2) is 0 Å². The lowest BCUT2D eigenvalue weighted by Gasteiger charge is -2.30. The Hall–Kier alpha value is -2.66. The molecule has 1 fully saturated rings. The van der Waals surface area contributed by atoms with Crippen LogP contribution in [0.4, 0.5) is 0 Å². The molecule has 27 heavy (non-hydrogen) atoms. The highest BCUT2D eigenvalue weighted by molar-refractivity contribution is 5.95. The van der Waals surface area contributed by atoms with E-state index in [0.29, 0.717) is 0 Å². The monoisotopic (exact) mass is 365 g/mol. The van der Waals surface area contributed by atoms with Crippen molar-refractivity contribution >= 4 is 11.8 Å². The number of nitrogen functional groups attached to an aromatic ring is 1. The number of nitrogens with two attached hydrogens (primary N) is 1. The van der Waals surface area contributed by atoms with Crippen LogP contribution in [0.1, 0.15) is 24.0 Å². The van der Waals surface area contributed by atoms with Gasteiger partial charge in [0.2, 0.25) is 0 Å². The maximum atomic E-state index is 11.6. The molecule has 0 aromatic heterocycles. The van der Waals surface area contributed by atoms with Crippen LogP contribution in [0, 0.1) is 11.3 Å². The molecule has 5 nitrogen and oxygen atoms in total. The number of nitrogens with one attached hydrogen (secondary N) is 1. The Kier molecular flexibility index (Phi) is 6.24. The number of likely N-dealkylation sites (tertiary alicyclic amines) is 1. The third-order valence-corrected chi connectivity index (χ3v) is 5.32. The largest absolute Gasteiger partial charge is 0.469 e. The van der Waals surface area contributed by atoms with Gasteiger partial charge in [-0.2, -0.15) is 0 Å². The zero-order valence-electron chi connectivity index (χ0n) is 15.8. The average molecular weight is 365 g/mol. The first-order valence-electron chi connectivity index (χ1n) is 9.41. The summed E-state index contributed by atoms with van der Waals surface area (Å²) in [4.78, 5) is 14.0. The molecule has 1 aliphatic heterocycles. The molecule has 5 heteroatoms. The fourth-order valence-electron chi connectivity index (χ4n) is 3.55. The van der Waals surface area contributed by atoms with Gasteiger partial charge in [-0.05, 0) is 49.0 Å². The number of nitrogens with zero attached hydrogens (tertiary/aromatic N) is 1. The Labute approximate surface area is 160 Å². The zero-order chi connectivity index (χ0) is 19.2. The van der Waals surface area contributed by atoms with Crippen LogP contribution in [0.15, 0.2) is 48.5 Å². The van der Waals surface area contributed by atoms with E-state index in [4.69, 9.17) is 15.9 Å². The number of amidine groups is 1. The van der Waals surface area contributed by atoms with E-state index in [-0.39, 0.29) is 17.7 Å². The Morgan fingerprint density at radius 1 is 1.07 bits per heavy atom. The number of carbonyl (C=O) groups excluding carboxylic acids is 1. The molecule has 1 aliphatic rings. The molecular weight excluding hydrogens is 338 g/mol. The molecule has 0 saturated carbocycles. The van der Waals surface area contributed by atoms with Crippen molar-refractivity contribution in [2.24, 2.45) is 11.7 Å². The van der Waals surface area contributed by atoms with Gasteiger partial charge in [0.05, 0.1) is 13.0 Å². The maximum absolute atomic E-state index is 11.6. The van der Waals surface area contributed by atoms with Crippen LogP contribution < -0.4 is 5.73 Å². The lowest BCUT2D eigenvalue weighted by Crippen LogP contribution is -2.37. The van der Waals surface area contributed by atoms with Crippen molar-refractivity contribution in [3.63, 3.8) is 0 Å². The van der Waals surface area contributed by atoms with E-state index >= 15 is 0 Å². The van der Waals surface area contributed by atoms with Gasteiger partial charge in [-0.1, -0.05) is 48.5 Å². The van der Waals surface area contributed by atoms with Crippen molar-refractivity contribution in [2.75, 3.05) is 26.7 Å². The van der Waals surface area contributed by atoms with Crippen LogP contribution in [-0.4, -0.2) is 43.4 Å².